The standard InChI is InChI=1S/C12H14F3NO/c13-12(14,15)11(17)10-4-2-1-3-9(10)8-5-6-16-7-8/h1-4,8,11,16-17H,5-7H2/t8-,11+/m0/s1. The SMILES string of the molecule is O[C@H](c1ccccc1[C@H]1CCNC1)C(F)(F)F. The van der Waals surface area contributed by atoms with Crippen molar-refractivity contribution in [1.82, 2.24) is 5.32 Å². The summed E-state index contributed by atoms with van der Waals surface area (Å²) in [7, 11) is 0. The van der Waals surface area contributed by atoms with Crippen LogP contribution in [-0.4, -0.2) is 24.4 Å². The molecule has 1 heterocycles. The van der Waals surface area contributed by atoms with E-state index in [2.05, 4.69) is 5.32 Å². The van der Waals surface area contributed by atoms with Gasteiger partial charge in [0.1, 0.15) is 0 Å². The van der Waals surface area contributed by atoms with Gasteiger partial charge in [0.25, 0.3) is 0 Å². The molecular weight excluding hydrogens is 231 g/mol. The van der Waals surface area contributed by atoms with Crippen LogP contribution in [0.5, 0.6) is 0 Å². The largest absolute Gasteiger partial charge is 0.418 e. The number of halogens is 3. The molecule has 0 amide bonds. The third kappa shape index (κ3) is 2.61. The Bertz CT molecular complexity index is 386. The Labute approximate surface area is 97.5 Å². The van der Waals surface area contributed by atoms with Crippen molar-refractivity contribution in [3.05, 3.63) is 35.4 Å². The number of rotatable bonds is 2. The van der Waals surface area contributed by atoms with Gasteiger partial charge in [-0.3, -0.25) is 0 Å². The van der Waals surface area contributed by atoms with Gasteiger partial charge in [-0.05, 0) is 30.0 Å². The third-order valence-corrected chi connectivity index (χ3v) is 3.10. The van der Waals surface area contributed by atoms with Crippen molar-refractivity contribution in [3.8, 4) is 0 Å². The van der Waals surface area contributed by atoms with Gasteiger partial charge in [-0.2, -0.15) is 13.2 Å². The summed E-state index contributed by atoms with van der Waals surface area (Å²) in [5, 5.41) is 12.5. The molecule has 2 nitrogen and oxygen atoms in total. The number of alkyl halides is 3. The molecule has 0 radical (unpaired) electrons. The highest BCUT2D eigenvalue weighted by Gasteiger charge is 2.41. The molecule has 0 spiro atoms. The Kier molecular flexibility index (Phi) is 3.40. The van der Waals surface area contributed by atoms with Gasteiger partial charge in [-0.1, -0.05) is 24.3 Å². The lowest BCUT2D eigenvalue weighted by atomic mass is 9.91. The molecule has 17 heavy (non-hydrogen) atoms. The molecule has 1 fully saturated rings. The Morgan fingerprint density at radius 2 is 2.00 bits per heavy atom. The molecule has 2 N–H and O–H groups in total. The predicted octanol–water partition coefficient (Wildman–Crippen LogP) is 2.36. The fraction of sp³-hybridized carbons (Fsp3) is 0.500. The Hall–Kier alpha value is -1.07. The van der Waals surface area contributed by atoms with Crippen molar-refractivity contribution in [1.29, 1.82) is 0 Å². The predicted molar refractivity (Wildman–Crippen MR) is 57.7 cm³/mol. The number of aliphatic hydroxyl groups is 1. The lowest BCUT2D eigenvalue weighted by Crippen LogP contribution is -2.22. The van der Waals surface area contributed by atoms with Gasteiger partial charge in [0.2, 0.25) is 0 Å². The van der Waals surface area contributed by atoms with Crippen LogP contribution in [0.2, 0.25) is 0 Å². The molecule has 0 aliphatic carbocycles. The van der Waals surface area contributed by atoms with Crippen molar-refractivity contribution < 1.29 is 18.3 Å². The molecule has 1 saturated heterocycles. The second-order valence-electron chi connectivity index (χ2n) is 4.26. The lowest BCUT2D eigenvalue weighted by molar-refractivity contribution is -0.207. The first kappa shape index (κ1) is 12.4. The number of nitrogens with one attached hydrogen (secondary N) is 1. The molecule has 94 valence electrons. The Morgan fingerprint density at radius 1 is 1.29 bits per heavy atom. The van der Waals surface area contributed by atoms with Crippen molar-refractivity contribution in [2.45, 2.75) is 24.6 Å². The number of hydrogen-bond donors (Lipinski definition) is 2. The van der Waals surface area contributed by atoms with Crippen molar-refractivity contribution >= 4 is 0 Å². The zero-order valence-corrected chi connectivity index (χ0v) is 9.17. The van der Waals surface area contributed by atoms with Crippen molar-refractivity contribution in [2.75, 3.05) is 13.1 Å². The Balaban J connectivity index is 2.33. The monoisotopic (exact) mass is 245 g/mol. The van der Waals surface area contributed by atoms with Gasteiger partial charge >= 0.3 is 6.18 Å². The highest BCUT2D eigenvalue weighted by molar-refractivity contribution is 5.33. The third-order valence-electron chi connectivity index (χ3n) is 3.10. The minimum atomic E-state index is -4.61. The molecule has 1 aromatic rings. The second kappa shape index (κ2) is 4.66. The van der Waals surface area contributed by atoms with Crippen LogP contribution >= 0.6 is 0 Å². The maximum atomic E-state index is 12.5. The zero-order chi connectivity index (χ0) is 12.5. The fourth-order valence-corrected chi connectivity index (χ4v) is 2.23. The van der Waals surface area contributed by atoms with E-state index in [1.165, 1.54) is 12.1 Å². The molecule has 0 unspecified atom stereocenters. The normalized spacial score (nSPS) is 22.7. The molecule has 2 atom stereocenters. The van der Waals surface area contributed by atoms with Gasteiger partial charge in [0.05, 0.1) is 0 Å². The van der Waals surface area contributed by atoms with Crippen molar-refractivity contribution in [3.63, 3.8) is 0 Å². The van der Waals surface area contributed by atoms with E-state index in [1.54, 1.807) is 12.1 Å². The van der Waals surface area contributed by atoms with Gasteiger partial charge in [0, 0.05) is 6.54 Å². The van der Waals surface area contributed by atoms with E-state index in [9.17, 15) is 18.3 Å². The zero-order valence-electron chi connectivity index (χ0n) is 9.17. The van der Waals surface area contributed by atoms with E-state index >= 15 is 0 Å². The average Bonchev–Trinajstić information content (AvgIpc) is 2.80. The molecule has 1 aliphatic heterocycles. The quantitative estimate of drug-likeness (QED) is 0.838. The molecule has 0 saturated carbocycles. The van der Waals surface area contributed by atoms with Gasteiger partial charge in [-0.15, -0.1) is 0 Å². The summed E-state index contributed by atoms with van der Waals surface area (Å²) in [4.78, 5) is 0. The fourth-order valence-electron chi connectivity index (χ4n) is 2.23. The summed E-state index contributed by atoms with van der Waals surface area (Å²) in [6.07, 6.45) is -6.19. The molecule has 1 aliphatic rings. The molecule has 5 heteroatoms. The van der Waals surface area contributed by atoms with E-state index in [0.29, 0.717) is 12.1 Å². The first-order valence-corrected chi connectivity index (χ1v) is 5.54. The summed E-state index contributed by atoms with van der Waals surface area (Å²) in [5.74, 6) is 0.0585. The first-order chi connectivity index (χ1) is 8.00. The van der Waals surface area contributed by atoms with E-state index < -0.39 is 12.3 Å². The van der Waals surface area contributed by atoms with Gasteiger partial charge < -0.3 is 10.4 Å². The summed E-state index contributed by atoms with van der Waals surface area (Å²) >= 11 is 0. The molecule has 0 aromatic heterocycles. The number of benzene rings is 1. The first-order valence-electron chi connectivity index (χ1n) is 5.54. The van der Waals surface area contributed by atoms with Gasteiger partial charge in [0.15, 0.2) is 6.10 Å². The molecule has 1 aromatic carbocycles. The molecule has 2 rings (SSSR count). The second-order valence-corrected chi connectivity index (χ2v) is 4.26. The molecule has 0 bridgehead atoms. The summed E-state index contributed by atoms with van der Waals surface area (Å²) in [6.45, 7) is 1.47. The van der Waals surface area contributed by atoms with E-state index in [1.807, 2.05) is 0 Å². The van der Waals surface area contributed by atoms with Crippen LogP contribution < -0.4 is 5.32 Å². The number of aliphatic hydroxyl groups excluding tert-OH is 1. The van der Waals surface area contributed by atoms with Crippen LogP contribution in [0.1, 0.15) is 29.6 Å². The minimum Gasteiger partial charge on any atom is -0.379 e. The average molecular weight is 245 g/mol. The smallest absolute Gasteiger partial charge is 0.379 e. The topological polar surface area (TPSA) is 32.3 Å². The molecular formula is C12H14F3NO. The maximum absolute atomic E-state index is 12.5. The highest BCUT2D eigenvalue weighted by Crippen LogP contribution is 2.37. The van der Waals surface area contributed by atoms with Crippen LogP contribution in [0.4, 0.5) is 13.2 Å². The summed E-state index contributed by atoms with van der Waals surface area (Å²) in [6, 6.07) is 6.25. The summed E-state index contributed by atoms with van der Waals surface area (Å²) in [5.41, 5.74) is 0.580. The van der Waals surface area contributed by atoms with Crippen LogP contribution in [0.25, 0.3) is 0 Å². The maximum Gasteiger partial charge on any atom is 0.418 e. The van der Waals surface area contributed by atoms with Crippen LogP contribution in [0.15, 0.2) is 24.3 Å². The lowest BCUT2D eigenvalue weighted by Gasteiger charge is -2.20. The Morgan fingerprint density at radius 3 is 2.59 bits per heavy atom. The minimum absolute atomic E-state index is 0.0197. The van der Waals surface area contributed by atoms with E-state index in [0.717, 1.165) is 13.0 Å². The number of hydrogen-bond acceptors (Lipinski definition) is 2. The summed E-state index contributed by atoms with van der Waals surface area (Å²) < 4.78 is 37.6. The van der Waals surface area contributed by atoms with E-state index in [4.69, 9.17) is 0 Å². The van der Waals surface area contributed by atoms with Crippen LogP contribution in [0, 0.1) is 0 Å². The van der Waals surface area contributed by atoms with Crippen LogP contribution in [-0.2, 0) is 0 Å². The van der Waals surface area contributed by atoms with Crippen molar-refractivity contribution in [2.24, 2.45) is 0 Å². The van der Waals surface area contributed by atoms with E-state index in [-0.39, 0.29) is 11.5 Å². The highest BCUT2D eigenvalue weighted by atomic mass is 19.4. The van der Waals surface area contributed by atoms with Crippen LogP contribution in [0.3, 0.4) is 0 Å². The van der Waals surface area contributed by atoms with Gasteiger partial charge in [-0.25, -0.2) is 0 Å².